The van der Waals surface area contributed by atoms with E-state index in [1.54, 1.807) is 0 Å². The van der Waals surface area contributed by atoms with Gasteiger partial charge in [-0.3, -0.25) is 0 Å². The zero-order chi connectivity index (χ0) is 12.8. The monoisotopic (exact) mass is 235 g/mol. The number of nitrogens with one attached hydrogen (secondary N) is 1. The largest absolute Gasteiger partial charge is 0.492 e. The lowest BCUT2D eigenvalue weighted by atomic mass is 9.98. The van der Waals surface area contributed by atoms with Crippen LogP contribution < -0.4 is 10.1 Å². The van der Waals surface area contributed by atoms with E-state index in [1.807, 2.05) is 0 Å². The van der Waals surface area contributed by atoms with Crippen LogP contribution in [-0.4, -0.2) is 19.2 Å². The van der Waals surface area contributed by atoms with E-state index in [4.69, 9.17) is 4.74 Å². The van der Waals surface area contributed by atoms with Crippen molar-refractivity contribution < 1.29 is 4.74 Å². The summed E-state index contributed by atoms with van der Waals surface area (Å²) in [5.74, 6) is 1.55. The van der Waals surface area contributed by atoms with Crippen LogP contribution in [0.2, 0.25) is 0 Å². The fraction of sp³-hybridized carbons (Fsp3) is 0.600. The first-order valence-corrected chi connectivity index (χ1v) is 6.47. The molecule has 1 rings (SSSR count). The van der Waals surface area contributed by atoms with Crippen molar-refractivity contribution in [2.75, 3.05) is 13.2 Å². The van der Waals surface area contributed by atoms with Gasteiger partial charge in [-0.05, 0) is 36.1 Å². The number of benzene rings is 1. The lowest BCUT2D eigenvalue weighted by molar-refractivity contribution is 0.308. The molecule has 0 radical (unpaired) electrons. The van der Waals surface area contributed by atoms with Gasteiger partial charge in [0.1, 0.15) is 12.4 Å². The molecule has 0 heterocycles. The van der Waals surface area contributed by atoms with Crippen LogP contribution in [0.1, 0.15) is 44.7 Å². The summed E-state index contributed by atoms with van der Waals surface area (Å²) in [6, 6.07) is 6.89. The van der Waals surface area contributed by atoms with Gasteiger partial charge in [-0.15, -0.1) is 0 Å². The summed E-state index contributed by atoms with van der Waals surface area (Å²) < 4.78 is 5.71. The summed E-state index contributed by atoms with van der Waals surface area (Å²) in [6.07, 6.45) is 0. The first-order valence-electron chi connectivity index (χ1n) is 6.47. The number of aryl methyl sites for hydroxylation is 1. The quantitative estimate of drug-likeness (QED) is 0.762. The van der Waals surface area contributed by atoms with E-state index in [0.717, 1.165) is 18.9 Å². The molecular weight excluding hydrogens is 210 g/mol. The predicted octanol–water partition coefficient (Wildman–Crippen LogP) is 3.50. The molecule has 0 aromatic heterocycles. The van der Waals surface area contributed by atoms with Gasteiger partial charge < -0.3 is 10.1 Å². The Hall–Kier alpha value is -1.02. The van der Waals surface area contributed by atoms with Crippen molar-refractivity contribution in [2.45, 2.75) is 46.6 Å². The molecule has 0 saturated carbocycles. The Morgan fingerprint density at radius 3 is 2.41 bits per heavy atom. The molecule has 2 nitrogen and oxygen atoms in total. The Morgan fingerprint density at radius 2 is 1.88 bits per heavy atom. The van der Waals surface area contributed by atoms with Crippen LogP contribution >= 0.6 is 0 Å². The van der Waals surface area contributed by atoms with Crippen molar-refractivity contribution >= 4 is 0 Å². The topological polar surface area (TPSA) is 21.3 Å². The zero-order valence-corrected chi connectivity index (χ0v) is 11.7. The predicted molar refractivity (Wildman–Crippen MR) is 73.9 cm³/mol. The van der Waals surface area contributed by atoms with E-state index < -0.39 is 0 Å². The molecule has 0 aliphatic carbocycles. The molecule has 0 saturated heterocycles. The van der Waals surface area contributed by atoms with E-state index in [-0.39, 0.29) is 0 Å². The van der Waals surface area contributed by atoms with Crippen molar-refractivity contribution in [3.8, 4) is 5.75 Å². The van der Waals surface area contributed by atoms with E-state index in [1.165, 1.54) is 11.1 Å². The highest BCUT2D eigenvalue weighted by molar-refractivity contribution is 5.36. The molecule has 0 amide bonds. The van der Waals surface area contributed by atoms with Crippen LogP contribution in [-0.2, 0) is 0 Å². The van der Waals surface area contributed by atoms with Gasteiger partial charge in [-0.2, -0.15) is 0 Å². The molecule has 0 unspecified atom stereocenters. The van der Waals surface area contributed by atoms with Gasteiger partial charge in [-0.25, -0.2) is 0 Å². The molecule has 0 aliphatic rings. The molecular formula is C15H25NO. The van der Waals surface area contributed by atoms with Gasteiger partial charge in [0.05, 0.1) is 0 Å². The van der Waals surface area contributed by atoms with Gasteiger partial charge in [0.2, 0.25) is 0 Å². The lowest BCUT2D eigenvalue weighted by Gasteiger charge is -2.13. The van der Waals surface area contributed by atoms with E-state index >= 15 is 0 Å². The van der Waals surface area contributed by atoms with Gasteiger partial charge in [0.25, 0.3) is 0 Å². The van der Waals surface area contributed by atoms with E-state index in [0.29, 0.717) is 12.0 Å². The second-order valence-electron chi connectivity index (χ2n) is 5.13. The van der Waals surface area contributed by atoms with Gasteiger partial charge in [-0.1, -0.05) is 33.8 Å². The maximum atomic E-state index is 5.71. The van der Waals surface area contributed by atoms with Crippen molar-refractivity contribution in [1.82, 2.24) is 5.32 Å². The molecule has 2 heteroatoms. The fourth-order valence-corrected chi connectivity index (χ4v) is 1.90. The van der Waals surface area contributed by atoms with Crippen LogP contribution in [0.5, 0.6) is 5.75 Å². The Morgan fingerprint density at radius 1 is 1.18 bits per heavy atom. The average Bonchev–Trinajstić information content (AvgIpc) is 2.23. The van der Waals surface area contributed by atoms with Crippen molar-refractivity contribution in [3.05, 3.63) is 29.3 Å². The summed E-state index contributed by atoms with van der Waals surface area (Å²) in [7, 11) is 0. The lowest BCUT2D eigenvalue weighted by Crippen LogP contribution is -2.27. The molecule has 0 spiro atoms. The molecule has 1 aromatic rings. The Balaban J connectivity index is 2.47. The number of rotatable bonds is 6. The summed E-state index contributed by atoms with van der Waals surface area (Å²) in [4.78, 5) is 0. The SMILES string of the molecule is Cc1cc(OCCNC(C)C)ccc1C(C)C. The average molecular weight is 235 g/mol. The van der Waals surface area contributed by atoms with Gasteiger partial charge in [0.15, 0.2) is 0 Å². The Kier molecular flexibility index (Phi) is 5.49. The number of ether oxygens (including phenoxy) is 1. The molecule has 96 valence electrons. The molecule has 17 heavy (non-hydrogen) atoms. The normalized spacial score (nSPS) is 11.2. The highest BCUT2D eigenvalue weighted by atomic mass is 16.5. The van der Waals surface area contributed by atoms with Crippen molar-refractivity contribution in [3.63, 3.8) is 0 Å². The molecule has 0 aliphatic heterocycles. The minimum Gasteiger partial charge on any atom is -0.492 e. The maximum absolute atomic E-state index is 5.71. The second-order valence-corrected chi connectivity index (χ2v) is 5.13. The van der Waals surface area contributed by atoms with Crippen molar-refractivity contribution in [1.29, 1.82) is 0 Å². The third-order valence-electron chi connectivity index (χ3n) is 2.79. The summed E-state index contributed by atoms with van der Waals surface area (Å²) >= 11 is 0. The number of hydrogen-bond acceptors (Lipinski definition) is 2. The minimum absolute atomic E-state index is 0.517. The second kappa shape index (κ2) is 6.65. The van der Waals surface area contributed by atoms with Crippen molar-refractivity contribution in [2.24, 2.45) is 0 Å². The van der Waals surface area contributed by atoms with E-state index in [9.17, 15) is 0 Å². The van der Waals surface area contributed by atoms with Crippen LogP contribution in [0.4, 0.5) is 0 Å². The highest BCUT2D eigenvalue weighted by Crippen LogP contribution is 2.23. The zero-order valence-electron chi connectivity index (χ0n) is 11.7. The van der Waals surface area contributed by atoms with Gasteiger partial charge >= 0.3 is 0 Å². The van der Waals surface area contributed by atoms with Crippen LogP contribution in [0.3, 0.4) is 0 Å². The number of hydrogen-bond donors (Lipinski definition) is 1. The molecule has 0 bridgehead atoms. The van der Waals surface area contributed by atoms with Crippen LogP contribution in [0.15, 0.2) is 18.2 Å². The van der Waals surface area contributed by atoms with Crippen LogP contribution in [0.25, 0.3) is 0 Å². The Labute approximate surface area is 105 Å². The maximum Gasteiger partial charge on any atom is 0.119 e. The third-order valence-corrected chi connectivity index (χ3v) is 2.79. The standard InChI is InChI=1S/C15H25NO/c1-11(2)15-7-6-14(10-13(15)5)17-9-8-16-12(3)4/h6-7,10-12,16H,8-9H2,1-5H3. The summed E-state index contributed by atoms with van der Waals surface area (Å²) in [5.41, 5.74) is 2.71. The molecule has 0 fully saturated rings. The van der Waals surface area contributed by atoms with E-state index in [2.05, 4.69) is 58.1 Å². The first kappa shape index (κ1) is 14.0. The minimum atomic E-state index is 0.517. The molecule has 1 aromatic carbocycles. The highest BCUT2D eigenvalue weighted by Gasteiger charge is 2.04. The smallest absolute Gasteiger partial charge is 0.119 e. The molecule has 1 N–H and O–H groups in total. The fourth-order valence-electron chi connectivity index (χ4n) is 1.90. The van der Waals surface area contributed by atoms with Crippen LogP contribution in [0, 0.1) is 6.92 Å². The first-order chi connectivity index (χ1) is 8.00. The summed E-state index contributed by atoms with van der Waals surface area (Å²) in [5, 5.41) is 3.33. The summed E-state index contributed by atoms with van der Waals surface area (Å²) in [6.45, 7) is 12.5. The Bertz CT molecular complexity index is 345. The van der Waals surface area contributed by atoms with Gasteiger partial charge in [0, 0.05) is 12.6 Å². The third kappa shape index (κ3) is 4.78. The molecule has 0 atom stereocenters.